The molecule has 0 saturated heterocycles. The molecule has 0 aliphatic carbocycles. The number of amidine groups is 1. The molecule has 13 heavy (non-hydrogen) atoms. The predicted molar refractivity (Wildman–Crippen MR) is 51.2 cm³/mol. The Morgan fingerprint density at radius 2 is 1.92 bits per heavy atom. The Kier molecular flexibility index (Phi) is 1.58. The lowest BCUT2D eigenvalue weighted by molar-refractivity contribution is 0.935. The Morgan fingerprint density at radius 3 is 2.62 bits per heavy atom. The van der Waals surface area contributed by atoms with E-state index in [4.69, 9.17) is 5.73 Å². The third kappa shape index (κ3) is 1.09. The van der Waals surface area contributed by atoms with Crippen LogP contribution in [0.4, 0.5) is 5.82 Å². The second-order valence-corrected chi connectivity index (χ2v) is 3.35. The van der Waals surface area contributed by atoms with Crippen molar-refractivity contribution in [2.75, 3.05) is 0 Å². The molecule has 2 heterocycles. The van der Waals surface area contributed by atoms with Gasteiger partial charge in [-0.25, -0.2) is 15.0 Å². The molecule has 4 heteroatoms. The number of nitrogens with two attached hydrogens (primary N) is 1. The fourth-order valence-electron chi connectivity index (χ4n) is 1.66. The predicted octanol–water partition coefficient (Wildman–Crippen LogP) is 1.20. The first-order valence-corrected chi connectivity index (χ1v) is 4.29. The summed E-state index contributed by atoms with van der Waals surface area (Å²) in [4.78, 5) is 12.7. The molecular formula is C9H12N4. The van der Waals surface area contributed by atoms with Gasteiger partial charge in [0.05, 0.1) is 0 Å². The molecule has 0 aromatic carbocycles. The molecule has 0 bridgehead atoms. The van der Waals surface area contributed by atoms with E-state index in [9.17, 15) is 0 Å². The molecule has 0 saturated carbocycles. The molecule has 0 radical (unpaired) electrons. The van der Waals surface area contributed by atoms with Crippen LogP contribution in [0.15, 0.2) is 4.99 Å². The molecule has 1 aliphatic rings. The molecule has 1 atom stereocenters. The summed E-state index contributed by atoms with van der Waals surface area (Å²) >= 11 is 0. The minimum Gasteiger partial charge on any atom is -0.387 e. The molecule has 4 nitrogen and oxygen atoms in total. The van der Waals surface area contributed by atoms with E-state index in [1.54, 1.807) is 0 Å². The number of aliphatic imine (C=N–C) groups is 1. The lowest BCUT2D eigenvalue weighted by Crippen LogP contribution is -2.15. The maximum atomic E-state index is 5.73. The lowest BCUT2D eigenvalue weighted by Gasteiger charge is -2.07. The zero-order chi connectivity index (χ0) is 9.59. The van der Waals surface area contributed by atoms with E-state index in [0.717, 1.165) is 22.9 Å². The normalized spacial score (nSPS) is 19.9. The van der Waals surface area contributed by atoms with Crippen molar-refractivity contribution in [1.82, 2.24) is 9.97 Å². The largest absolute Gasteiger partial charge is 0.387 e. The van der Waals surface area contributed by atoms with Gasteiger partial charge in [-0.3, -0.25) is 0 Å². The number of aryl methyl sites for hydroxylation is 2. The summed E-state index contributed by atoms with van der Waals surface area (Å²) in [6.45, 7) is 5.86. The van der Waals surface area contributed by atoms with Crippen LogP contribution in [0.1, 0.15) is 29.9 Å². The van der Waals surface area contributed by atoms with Crippen LogP contribution in [-0.4, -0.2) is 15.8 Å². The number of hydrogen-bond donors (Lipinski definition) is 1. The van der Waals surface area contributed by atoms with Gasteiger partial charge in [0.25, 0.3) is 0 Å². The van der Waals surface area contributed by atoms with Crippen molar-refractivity contribution < 1.29 is 0 Å². The Morgan fingerprint density at radius 1 is 1.23 bits per heavy atom. The smallest absolute Gasteiger partial charge is 0.161 e. The van der Waals surface area contributed by atoms with E-state index in [1.165, 1.54) is 0 Å². The van der Waals surface area contributed by atoms with Crippen LogP contribution in [0.25, 0.3) is 0 Å². The summed E-state index contributed by atoms with van der Waals surface area (Å²) in [6, 6.07) is 0. The molecule has 1 aromatic heterocycles. The highest BCUT2D eigenvalue weighted by atomic mass is 15.0. The third-order valence-corrected chi connectivity index (χ3v) is 2.34. The van der Waals surface area contributed by atoms with Crippen molar-refractivity contribution >= 4 is 11.7 Å². The van der Waals surface area contributed by atoms with Gasteiger partial charge in [0.15, 0.2) is 5.82 Å². The molecule has 68 valence electrons. The maximum absolute atomic E-state index is 5.73. The van der Waals surface area contributed by atoms with Gasteiger partial charge >= 0.3 is 0 Å². The zero-order valence-electron chi connectivity index (χ0n) is 8.00. The summed E-state index contributed by atoms with van der Waals surface area (Å²) < 4.78 is 0. The minimum atomic E-state index is 0.163. The second-order valence-electron chi connectivity index (χ2n) is 3.35. The fraction of sp³-hybridized carbons (Fsp3) is 0.444. The average Bonchev–Trinajstić information content (AvgIpc) is 2.27. The molecule has 2 rings (SSSR count). The zero-order valence-corrected chi connectivity index (χ0v) is 8.00. The number of hydrogen-bond acceptors (Lipinski definition) is 4. The van der Waals surface area contributed by atoms with Crippen LogP contribution in [0.5, 0.6) is 0 Å². The number of aromatic nitrogens is 2. The van der Waals surface area contributed by atoms with Gasteiger partial charge in [0.1, 0.15) is 11.7 Å². The van der Waals surface area contributed by atoms with Gasteiger partial charge in [0, 0.05) is 17.2 Å². The molecule has 1 unspecified atom stereocenters. The van der Waals surface area contributed by atoms with Gasteiger partial charge < -0.3 is 5.73 Å². The average molecular weight is 176 g/mol. The van der Waals surface area contributed by atoms with Crippen molar-refractivity contribution in [3.63, 3.8) is 0 Å². The van der Waals surface area contributed by atoms with Crippen LogP contribution in [0.2, 0.25) is 0 Å². The monoisotopic (exact) mass is 176 g/mol. The van der Waals surface area contributed by atoms with Gasteiger partial charge in [-0.15, -0.1) is 0 Å². The van der Waals surface area contributed by atoms with Gasteiger partial charge in [-0.1, -0.05) is 6.92 Å². The summed E-state index contributed by atoms with van der Waals surface area (Å²) in [7, 11) is 0. The Bertz CT molecular complexity index is 395. The first kappa shape index (κ1) is 8.16. The highest BCUT2D eigenvalue weighted by Crippen LogP contribution is 2.33. The van der Waals surface area contributed by atoms with Crippen molar-refractivity contribution in [2.45, 2.75) is 26.7 Å². The van der Waals surface area contributed by atoms with Crippen LogP contribution in [0, 0.1) is 13.8 Å². The topological polar surface area (TPSA) is 64.2 Å². The van der Waals surface area contributed by atoms with Crippen LogP contribution < -0.4 is 5.73 Å². The van der Waals surface area contributed by atoms with E-state index >= 15 is 0 Å². The number of rotatable bonds is 0. The highest BCUT2D eigenvalue weighted by Gasteiger charge is 2.25. The summed E-state index contributed by atoms with van der Waals surface area (Å²) in [5.41, 5.74) is 7.79. The molecule has 1 aliphatic heterocycles. The Hall–Kier alpha value is -1.45. The van der Waals surface area contributed by atoms with E-state index in [2.05, 4.69) is 15.0 Å². The number of nitrogens with zero attached hydrogens (tertiary/aromatic N) is 3. The van der Waals surface area contributed by atoms with E-state index < -0.39 is 0 Å². The first-order valence-electron chi connectivity index (χ1n) is 4.29. The maximum Gasteiger partial charge on any atom is 0.161 e. The summed E-state index contributed by atoms with van der Waals surface area (Å²) in [5.74, 6) is 2.30. The standard InChI is InChI=1S/C9H12N4/c1-4-7-5(2)11-6(3)12-9(7)13-8(4)10/h4H,1-3H3,(H2,10,11,12,13). The quantitative estimate of drug-likeness (QED) is 0.646. The number of fused-ring (bicyclic) bond motifs is 1. The van der Waals surface area contributed by atoms with Crippen LogP contribution >= 0.6 is 0 Å². The highest BCUT2D eigenvalue weighted by molar-refractivity contribution is 5.94. The van der Waals surface area contributed by atoms with Gasteiger partial charge in [-0.05, 0) is 13.8 Å². The van der Waals surface area contributed by atoms with Crippen molar-refractivity contribution in [1.29, 1.82) is 0 Å². The van der Waals surface area contributed by atoms with Crippen molar-refractivity contribution in [2.24, 2.45) is 10.7 Å². The Labute approximate surface area is 76.9 Å². The van der Waals surface area contributed by atoms with Crippen molar-refractivity contribution in [3.8, 4) is 0 Å². The van der Waals surface area contributed by atoms with Gasteiger partial charge in [-0.2, -0.15) is 0 Å². The van der Waals surface area contributed by atoms with E-state index in [0.29, 0.717) is 5.84 Å². The van der Waals surface area contributed by atoms with Crippen molar-refractivity contribution in [3.05, 3.63) is 17.1 Å². The van der Waals surface area contributed by atoms with Gasteiger partial charge in [0.2, 0.25) is 0 Å². The van der Waals surface area contributed by atoms with E-state index in [-0.39, 0.29) is 5.92 Å². The van der Waals surface area contributed by atoms with E-state index in [1.807, 2.05) is 20.8 Å². The molecule has 0 spiro atoms. The summed E-state index contributed by atoms with van der Waals surface area (Å²) in [5, 5.41) is 0. The first-order chi connectivity index (χ1) is 6.09. The minimum absolute atomic E-state index is 0.163. The third-order valence-electron chi connectivity index (χ3n) is 2.34. The second kappa shape index (κ2) is 2.52. The SMILES string of the molecule is Cc1nc(C)c2c(n1)N=C(N)C2C. The summed E-state index contributed by atoms with van der Waals surface area (Å²) in [6.07, 6.45) is 0. The lowest BCUT2D eigenvalue weighted by atomic mass is 10.0. The Balaban J connectivity index is 2.66. The molecule has 1 aromatic rings. The molecular weight excluding hydrogens is 164 g/mol. The molecule has 2 N–H and O–H groups in total. The van der Waals surface area contributed by atoms with Crippen LogP contribution in [-0.2, 0) is 0 Å². The molecule has 0 fully saturated rings. The fourth-order valence-corrected chi connectivity index (χ4v) is 1.66. The van der Waals surface area contributed by atoms with Crippen LogP contribution in [0.3, 0.4) is 0 Å². The molecule has 0 amide bonds.